The third kappa shape index (κ3) is 2.17. The third-order valence-corrected chi connectivity index (χ3v) is 2.19. The maximum atomic E-state index is 12.6. The van der Waals surface area contributed by atoms with Crippen molar-refractivity contribution in [3.63, 3.8) is 0 Å². The Morgan fingerprint density at radius 1 is 1.36 bits per heavy atom. The lowest BCUT2D eigenvalue weighted by Crippen LogP contribution is -2.23. The first kappa shape index (κ1) is 8.50. The molecule has 0 radical (unpaired) electrons. The van der Waals surface area contributed by atoms with Gasteiger partial charge in [-0.1, -0.05) is 0 Å². The van der Waals surface area contributed by atoms with Gasteiger partial charge in [0, 0.05) is 0 Å². The van der Waals surface area contributed by atoms with Gasteiger partial charge in [-0.25, -0.2) is 4.39 Å². The zero-order chi connectivity index (χ0) is 8.27. The molecule has 0 unspecified atom stereocenters. The lowest BCUT2D eigenvalue weighted by molar-refractivity contribution is -0.146. The van der Waals surface area contributed by atoms with Crippen LogP contribution in [-0.4, -0.2) is 19.3 Å². The van der Waals surface area contributed by atoms with Crippen molar-refractivity contribution in [2.45, 2.75) is 31.9 Å². The highest BCUT2D eigenvalue weighted by Crippen LogP contribution is 2.26. The van der Waals surface area contributed by atoms with Crippen LogP contribution >= 0.6 is 0 Å². The molecule has 0 amide bonds. The fraction of sp³-hybridized carbons (Fsp3) is 0.875. The maximum absolute atomic E-state index is 12.6. The summed E-state index contributed by atoms with van der Waals surface area (Å²) in [5.74, 6) is -0.232. The van der Waals surface area contributed by atoms with Gasteiger partial charge in [0.1, 0.15) is 6.17 Å². The number of carbonyl (C=O) groups is 1. The van der Waals surface area contributed by atoms with Gasteiger partial charge >= 0.3 is 5.97 Å². The van der Waals surface area contributed by atoms with Gasteiger partial charge in [0.05, 0.1) is 13.0 Å². The van der Waals surface area contributed by atoms with Crippen molar-refractivity contribution in [3.8, 4) is 0 Å². The molecular formula is C8H13FO2. The minimum absolute atomic E-state index is 0.0491. The quantitative estimate of drug-likeness (QED) is 0.545. The molecule has 1 aliphatic carbocycles. The summed E-state index contributed by atoms with van der Waals surface area (Å²) in [6.07, 6.45) is 1.62. The van der Waals surface area contributed by atoms with Gasteiger partial charge in [-0.2, -0.15) is 0 Å². The second kappa shape index (κ2) is 3.69. The fourth-order valence-electron chi connectivity index (χ4n) is 1.46. The number of methoxy groups -OCH3 is 1. The van der Waals surface area contributed by atoms with Crippen LogP contribution in [0.4, 0.5) is 4.39 Å². The number of hydrogen-bond donors (Lipinski definition) is 0. The van der Waals surface area contributed by atoms with E-state index in [-0.39, 0.29) is 11.9 Å². The number of esters is 1. The van der Waals surface area contributed by atoms with Crippen molar-refractivity contribution in [2.24, 2.45) is 5.92 Å². The number of rotatable bonds is 1. The summed E-state index contributed by atoms with van der Waals surface area (Å²) < 4.78 is 17.1. The van der Waals surface area contributed by atoms with Crippen molar-refractivity contribution < 1.29 is 13.9 Å². The summed E-state index contributed by atoms with van der Waals surface area (Å²) in [5.41, 5.74) is 0. The molecule has 0 spiro atoms. The Kier molecular flexibility index (Phi) is 2.85. The predicted molar refractivity (Wildman–Crippen MR) is 38.9 cm³/mol. The molecule has 11 heavy (non-hydrogen) atoms. The number of carbonyl (C=O) groups excluding carboxylic acids is 1. The fourth-order valence-corrected chi connectivity index (χ4v) is 1.46. The summed E-state index contributed by atoms with van der Waals surface area (Å²) in [6, 6.07) is 0. The minimum atomic E-state index is -0.698. The molecule has 1 rings (SSSR count). The van der Waals surface area contributed by atoms with Crippen molar-refractivity contribution in [2.75, 3.05) is 7.11 Å². The van der Waals surface area contributed by atoms with Gasteiger partial charge in [0.2, 0.25) is 0 Å². The number of halogens is 1. The normalized spacial score (nSPS) is 31.5. The van der Waals surface area contributed by atoms with Crippen molar-refractivity contribution in [3.05, 3.63) is 0 Å². The largest absolute Gasteiger partial charge is 0.469 e. The number of hydrogen-bond acceptors (Lipinski definition) is 2. The van der Waals surface area contributed by atoms with Gasteiger partial charge in [-0.3, -0.25) is 4.79 Å². The first-order valence-electron chi connectivity index (χ1n) is 3.96. The van der Waals surface area contributed by atoms with E-state index in [1.54, 1.807) is 0 Å². The third-order valence-electron chi connectivity index (χ3n) is 2.19. The van der Waals surface area contributed by atoms with Gasteiger partial charge in [-0.05, 0) is 25.7 Å². The zero-order valence-electron chi connectivity index (χ0n) is 6.68. The number of alkyl halides is 1. The van der Waals surface area contributed by atoms with Crippen LogP contribution in [0.3, 0.4) is 0 Å². The minimum Gasteiger partial charge on any atom is -0.469 e. The highest BCUT2D eigenvalue weighted by Gasteiger charge is 2.26. The molecule has 2 nitrogen and oxygen atoms in total. The van der Waals surface area contributed by atoms with E-state index in [2.05, 4.69) is 4.74 Å². The Bertz CT molecular complexity index is 139. The summed E-state index contributed by atoms with van der Waals surface area (Å²) >= 11 is 0. The zero-order valence-corrected chi connectivity index (χ0v) is 6.68. The summed E-state index contributed by atoms with van der Waals surface area (Å²) in [5, 5.41) is 0. The Balaban J connectivity index is 2.33. The lowest BCUT2D eigenvalue weighted by atomic mass is 9.88. The highest BCUT2D eigenvalue weighted by molar-refractivity contribution is 5.72. The molecule has 0 aliphatic heterocycles. The SMILES string of the molecule is COC(=O)[C@H]1CC[C@@H](F)CC1. The molecule has 1 fully saturated rings. The van der Waals surface area contributed by atoms with E-state index in [4.69, 9.17) is 0 Å². The first-order valence-corrected chi connectivity index (χ1v) is 3.96. The summed E-state index contributed by atoms with van der Waals surface area (Å²) in [4.78, 5) is 10.9. The molecular weight excluding hydrogens is 147 g/mol. The molecule has 0 saturated heterocycles. The molecule has 0 N–H and O–H groups in total. The second-order valence-electron chi connectivity index (χ2n) is 2.97. The van der Waals surface area contributed by atoms with Gasteiger partial charge in [0.15, 0.2) is 0 Å². The van der Waals surface area contributed by atoms with Crippen LogP contribution < -0.4 is 0 Å². The molecule has 0 atom stereocenters. The van der Waals surface area contributed by atoms with Crippen LogP contribution in [0, 0.1) is 5.92 Å². The van der Waals surface area contributed by atoms with Gasteiger partial charge in [-0.15, -0.1) is 0 Å². The van der Waals surface area contributed by atoms with Crippen molar-refractivity contribution in [1.29, 1.82) is 0 Å². The van der Waals surface area contributed by atoms with E-state index in [1.165, 1.54) is 7.11 Å². The molecule has 1 saturated carbocycles. The van der Waals surface area contributed by atoms with Crippen LogP contribution in [-0.2, 0) is 9.53 Å². The monoisotopic (exact) mass is 160 g/mol. The molecule has 0 heterocycles. The Hall–Kier alpha value is -0.600. The predicted octanol–water partition coefficient (Wildman–Crippen LogP) is 1.69. The average molecular weight is 160 g/mol. The number of ether oxygens (including phenoxy) is 1. The van der Waals surface area contributed by atoms with Crippen LogP contribution in [0.1, 0.15) is 25.7 Å². The van der Waals surface area contributed by atoms with Crippen molar-refractivity contribution in [1.82, 2.24) is 0 Å². The van der Waals surface area contributed by atoms with Crippen LogP contribution in [0.25, 0.3) is 0 Å². The molecule has 1 aliphatic rings. The van der Waals surface area contributed by atoms with Gasteiger partial charge in [0.25, 0.3) is 0 Å². The summed E-state index contributed by atoms with van der Waals surface area (Å²) in [7, 11) is 1.38. The van der Waals surface area contributed by atoms with Crippen LogP contribution in [0.5, 0.6) is 0 Å². The Morgan fingerprint density at radius 2 is 1.91 bits per heavy atom. The maximum Gasteiger partial charge on any atom is 0.308 e. The van der Waals surface area contributed by atoms with E-state index < -0.39 is 6.17 Å². The highest BCUT2D eigenvalue weighted by atomic mass is 19.1. The molecule has 64 valence electrons. The first-order chi connectivity index (χ1) is 5.24. The lowest BCUT2D eigenvalue weighted by Gasteiger charge is -2.21. The molecule has 0 bridgehead atoms. The Morgan fingerprint density at radius 3 is 2.36 bits per heavy atom. The molecule has 0 aromatic rings. The van der Waals surface area contributed by atoms with E-state index in [0.29, 0.717) is 25.7 Å². The van der Waals surface area contributed by atoms with E-state index >= 15 is 0 Å². The van der Waals surface area contributed by atoms with E-state index in [0.717, 1.165) is 0 Å². The van der Waals surface area contributed by atoms with E-state index in [9.17, 15) is 9.18 Å². The standard InChI is InChI=1S/C8H13FO2/c1-11-8(10)6-2-4-7(9)5-3-6/h6-7H,2-5H2,1H3/t6-,7+. The topological polar surface area (TPSA) is 26.3 Å². The second-order valence-corrected chi connectivity index (χ2v) is 2.97. The van der Waals surface area contributed by atoms with Crippen LogP contribution in [0.15, 0.2) is 0 Å². The molecule has 0 aromatic carbocycles. The van der Waals surface area contributed by atoms with Crippen LogP contribution in [0.2, 0.25) is 0 Å². The molecule has 3 heteroatoms. The Labute approximate surface area is 65.7 Å². The van der Waals surface area contributed by atoms with E-state index in [1.807, 2.05) is 0 Å². The average Bonchev–Trinajstić information content (AvgIpc) is 2.05. The summed E-state index contributed by atoms with van der Waals surface area (Å²) in [6.45, 7) is 0. The van der Waals surface area contributed by atoms with Gasteiger partial charge < -0.3 is 4.74 Å². The smallest absolute Gasteiger partial charge is 0.308 e. The van der Waals surface area contributed by atoms with Crippen molar-refractivity contribution >= 4 is 5.97 Å². The molecule has 0 aromatic heterocycles.